The van der Waals surface area contributed by atoms with Gasteiger partial charge in [-0.3, -0.25) is 4.79 Å². The summed E-state index contributed by atoms with van der Waals surface area (Å²) < 4.78 is 2.03. The Hall–Kier alpha value is -3.43. The van der Waals surface area contributed by atoms with Crippen LogP contribution in [0, 0.1) is 0 Å². The van der Waals surface area contributed by atoms with Crippen molar-refractivity contribution >= 4 is 50.7 Å². The summed E-state index contributed by atoms with van der Waals surface area (Å²) in [6.45, 7) is 2.89. The number of hydrogen-bond acceptors (Lipinski definition) is 7. The van der Waals surface area contributed by atoms with Crippen molar-refractivity contribution in [2.75, 3.05) is 31.1 Å². The van der Waals surface area contributed by atoms with Crippen molar-refractivity contribution in [3.05, 3.63) is 83.9 Å². The summed E-state index contributed by atoms with van der Waals surface area (Å²) in [6, 6.07) is 16.0. The summed E-state index contributed by atoms with van der Waals surface area (Å²) in [6.07, 6.45) is 5.69. The third-order valence-corrected chi connectivity index (χ3v) is 7.88. The van der Waals surface area contributed by atoms with Gasteiger partial charge in [-0.2, -0.15) is 0 Å². The molecule has 1 aliphatic heterocycles. The first kappa shape index (κ1) is 21.1. The highest BCUT2D eigenvalue weighted by atomic mass is 32.2. The predicted octanol–water partition coefficient (Wildman–Crippen LogP) is 4.59. The lowest BCUT2D eigenvalue weighted by molar-refractivity contribution is 0.0746. The number of anilines is 1. The van der Waals surface area contributed by atoms with Crippen LogP contribution in [0.15, 0.2) is 77.5 Å². The van der Waals surface area contributed by atoms with E-state index in [0.29, 0.717) is 13.1 Å². The molecule has 0 spiro atoms. The van der Waals surface area contributed by atoms with Gasteiger partial charge in [-0.1, -0.05) is 6.07 Å². The van der Waals surface area contributed by atoms with E-state index in [2.05, 4.69) is 32.1 Å². The molecular weight excluding hydrogens is 464 g/mol. The molecule has 1 fully saturated rings. The van der Waals surface area contributed by atoms with Crippen LogP contribution >= 0.6 is 23.1 Å². The third kappa shape index (κ3) is 4.12. The maximum atomic E-state index is 13.1. The molecule has 170 valence electrons. The number of amides is 1. The Morgan fingerprint density at radius 2 is 1.85 bits per heavy atom. The van der Waals surface area contributed by atoms with Gasteiger partial charge in [0.25, 0.3) is 5.91 Å². The Morgan fingerprint density at radius 3 is 2.68 bits per heavy atom. The van der Waals surface area contributed by atoms with Gasteiger partial charge in [0.15, 0.2) is 0 Å². The first-order valence-electron chi connectivity index (χ1n) is 11.1. The largest absolute Gasteiger partial charge is 0.352 e. The highest BCUT2D eigenvalue weighted by Crippen LogP contribution is 2.28. The molecule has 1 aliphatic rings. The molecule has 5 heterocycles. The van der Waals surface area contributed by atoms with Crippen molar-refractivity contribution in [1.29, 1.82) is 0 Å². The molecule has 0 unspecified atom stereocenters. The molecule has 5 aromatic rings. The van der Waals surface area contributed by atoms with Crippen LogP contribution in [-0.2, 0) is 5.75 Å². The van der Waals surface area contributed by atoms with Crippen LogP contribution in [0.25, 0.3) is 15.9 Å². The fourth-order valence-electron chi connectivity index (χ4n) is 4.24. The number of hydrogen-bond donors (Lipinski definition) is 0. The van der Waals surface area contributed by atoms with Crippen molar-refractivity contribution in [3.8, 4) is 0 Å². The Labute approximate surface area is 205 Å². The topological polar surface area (TPSA) is 66.6 Å². The Morgan fingerprint density at radius 1 is 1.00 bits per heavy atom. The van der Waals surface area contributed by atoms with Crippen LogP contribution in [0.1, 0.15) is 16.1 Å². The van der Waals surface area contributed by atoms with Crippen LogP contribution in [0.4, 0.5) is 5.82 Å². The lowest BCUT2D eigenvalue weighted by atomic mass is 10.2. The number of nitrogens with zero attached hydrogens (tertiary/aromatic N) is 6. The van der Waals surface area contributed by atoms with Crippen LogP contribution in [-0.4, -0.2) is 56.3 Å². The van der Waals surface area contributed by atoms with E-state index >= 15 is 0 Å². The predicted molar refractivity (Wildman–Crippen MR) is 137 cm³/mol. The quantitative estimate of drug-likeness (QED) is 0.339. The second-order valence-electron chi connectivity index (χ2n) is 8.13. The van der Waals surface area contributed by atoms with Gasteiger partial charge in [-0.25, -0.2) is 15.0 Å². The van der Waals surface area contributed by atoms with Crippen molar-refractivity contribution < 1.29 is 4.79 Å². The third-order valence-electron chi connectivity index (χ3n) is 6.01. The van der Waals surface area contributed by atoms with Gasteiger partial charge in [-0.05, 0) is 47.8 Å². The van der Waals surface area contributed by atoms with Gasteiger partial charge in [0, 0.05) is 54.8 Å². The summed E-state index contributed by atoms with van der Waals surface area (Å²) in [5, 5.41) is 3.13. The number of thiophene rings is 1. The minimum atomic E-state index is 0.0833. The average Bonchev–Trinajstić information content (AvgIpc) is 3.54. The summed E-state index contributed by atoms with van der Waals surface area (Å²) in [5.74, 6) is 1.84. The molecule has 7 nitrogen and oxygen atoms in total. The molecule has 0 N–H and O–H groups in total. The summed E-state index contributed by atoms with van der Waals surface area (Å²) >= 11 is 3.35. The highest BCUT2D eigenvalue weighted by Gasteiger charge is 2.24. The lowest BCUT2D eigenvalue weighted by Crippen LogP contribution is -2.49. The zero-order chi connectivity index (χ0) is 22.9. The minimum Gasteiger partial charge on any atom is -0.352 e. The maximum absolute atomic E-state index is 13.1. The van der Waals surface area contributed by atoms with Crippen LogP contribution in [0.5, 0.6) is 0 Å². The Kier molecular flexibility index (Phi) is 5.64. The number of benzene rings is 1. The summed E-state index contributed by atoms with van der Waals surface area (Å²) in [4.78, 5) is 32.9. The number of imidazole rings is 1. The van der Waals surface area contributed by atoms with Crippen LogP contribution in [0.2, 0.25) is 0 Å². The minimum absolute atomic E-state index is 0.0833. The molecule has 0 atom stereocenters. The number of rotatable bonds is 5. The molecule has 9 heteroatoms. The number of carbonyl (C=O) groups is 1. The first-order chi connectivity index (χ1) is 16.7. The van der Waals surface area contributed by atoms with Crippen molar-refractivity contribution in [2.24, 2.45) is 0 Å². The van der Waals surface area contributed by atoms with E-state index in [9.17, 15) is 4.79 Å². The molecule has 34 heavy (non-hydrogen) atoms. The standard InChI is InChI=1S/C25H22N6OS2/c32-25(30-12-10-29(11-13-30)23-21-8-14-33-24(21)27-17-26-23)18-4-6-20(7-5-18)34-16-19-15-31-9-2-1-3-22(31)28-19/h1-9,14-15,17H,10-13,16H2. The fourth-order valence-corrected chi connectivity index (χ4v) is 5.75. The zero-order valence-electron chi connectivity index (χ0n) is 18.4. The van der Waals surface area contributed by atoms with E-state index in [4.69, 9.17) is 0 Å². The molecule has 0 aliphatic carbocycles. The lowest BCUT2D eigenvalue weighted by Gasteiger charge is -2.35. The van der Waals surface area contributed by atoms with Crippen LogP contribution < -0.4 is 4.90 Å². The van der Waals surface area contributed by atoms with Gasteiger partial charge in [-0.15, -0.1) is 23.1 Å². The number of pyridine rings is 1. The number of thioether (sulfide) groups is 1. The van der Waals surface area contributed by atoms with E-state index < -0.39 is 0 Å². The molecule has 1 saturated heterocycles. The second-order valence-corrected chi connectivity index (χ2v) is 10.1. The van der Waals surface area contributed by atoms with Gasteiger partial charge >= 0.3 is 0 Å². The fraction of sp³-hybridized carbons (Fsp3) is 0.200. The molecule has 0 saturated carbocycles. The number of carbonyl (C=O) groups excluding carboxylic acids is 1. The monoisotopic (exact) mass is 486 g/mol. The van der Waals surface area contributed by atoms with Crippen molar-refractivity contribution in [1.82, 2.24) is 24.3 Å². The molecule has 6 rings (SSSR count). The van der Waals surface area contributed by atoms with E-state index in [-0.39, 0.29) is 5.91 Å². The van der Waals surface area contributed by atoms with Gasteiger partial charge in [0.1, 0.15) is 22.6 Å². The summed E-state index contributed by atoms with van der Waals surface area (Å²) in [7, 11) is 0. The Bertz CT molecular complexity index is 1420. The number of fused-ring (bicyclic) bond motifs is 2. The number of aromatic nitrogens is 4. The zero-order valence-corrected chi connectivity index (χ0v) is 20.0. The first-order valence-corrected chi connectivity index (χ1v) is 13.0. The van der Waals surface area contributed by atoms with Gasteiger partial charge < -0.3 is 14.2 Å². The van der Waals surface area contributed by atoms with E-state index in [1.165, 1.54) is 0 Å². The molecule has 1 amide bonds. The average molecular weight is 487 g/mol. The van der Waals surface area contributed by atoms with Crippen LogP contribution in [0.3, 0.4) is 0 Å². The molecule has 0 radical (unpaired) electrons. The second kappa shape index (κ2) is 9.08. The van der Waals surface area contributed by atoms with Crippen molar-refractivity contribution in [3.63, 3.8) is 0 Å². The summed E-state index contributed by atoms with van der Waals surface area (Å²) in [5.41, 5.74) is 2.73. The molecule has 1 aromatic carbocycles. The van der Waals surface area contributed by atoms with E-state index in [1.54, 1.807) is 29.4 Å². The SMILES string of the molecule is O=C(c1ccc(SCc2cn3ccccc3n2)cc1)N1CCN(c2ncnc3sccc23)CC1. The van der Waals surface area contributed by atoms with Gasteiger partial charge in [0.05, 0.1) is 11.1 Å². The smallest absolute Gasteiger partial charge is 0.253 e. The Balaban J connectivity index is 1.06. The highest BCUT2D eigenvalue weighted by molar-refractivity contribution is 7.98. The van der Waals surface area contributed by atoms with Crippen molar-refractivity contribution in [2.45, 2.75) is 10.6 Å². The molecule has 0 bridgehead atoms. The normalized spacial score (nSPS) is 14.2. The molecule has 4 aromatic heterocycles. The van der Waals surface area contributed by atoms with E-state index in [1.807, 2.05) is 63.3 Å². The van der Waals surface area contributed by atoms with E-state index in [0.717, 1.165) is 56.7 Å². The van der Waals surface area contributed by atoms with Gasteiger partial charge in [0.2, 0.25) is 0 Å². The molecular formula is C25H22N6OS2. The number of piperazine rings is 1. The maximum Gasteiger partial charge on any atom is 0.253 e.